The first-order valence-electron chi connectivity index (χ1n) is 7.43. The van der Waals surface area contributed by atoms with Gasteiger partial charge in [0.25, 0.3) is 0 Å². The highest BCUT2D eigenvalue weighted by Crippen LogP contribution is 2.28. The molecule has 2 rings (SSSR count). The van der Waals surface area contributed by atoms with Crippen molar-refractivity contribution in [1.29, 1.82) is 5.26 Å². The van der Waals surface area contributed by atoms with Gasteiger partial charge < -0.3 is 9.47 Å². The minimum Gasteiger partial charge on any atom is -0.497 e. The molecule has 5 heteroatoms. The van der Waals surface area contributed by atoms with E-state index in [-0.39, 0.29) is 5.56 Å². The molecule has 118 valence electrons. The molecule has 4 nitrogen and oxygen atoms in total. The van der Waals surface area contributed by atoms with Crippen LogP contribution < -0.4 is 4.74 Å². The second-order valence-electron chi connectivity index (χ2n) is 4.93. The number of benzene rings is 2. The maximum Gasteiger partial charge on any atom is 0.364 e. The number of rotatable bonds is 5. The summed E-state index contributed by atoms with van der Waals surface area (Å²) in [6, 6.07) is 13.5. The van der Waals surface area contributed by atoms with Gasteiger partial charge in [-0.05, 0) is 24.6 Å². The predicted octanol–water partition coefficient (Wildman–Crippen LogP) is 3.44. The lowest BCUT2D eigenvalue weighted by Gasteiger charge is -2.17. The van der Waals surface area contributed by atoms with E-state index in [4.69, 9.17) is 16.1 Å². The van der Waals surface area contributed by atoms with Crippen molar-refractivity contribution < 1.29 is 20.0 Å². The molecule has 0 N–H and O–H groups in total. The fourth-order valence-electron chi connectivity index (χ4n) is 1.90. The monoisotopic (exact) mass is 314 g/mol. The number of hydrogen-bond donors (Lipinski definition) is 0. The van der Waals surface area contributed by atoms with Crippen LogP contribution in [0.1, 0.15) is 18.1 Å². The Kier molecular flexibility index (Phi) is 4.53. The number of carbonyl (C=O) groups is 1. The summed E-state index contributed by atoms with van der Waals surface area (Å²) in [6.45, 7) is 0.357. The zero-order valence-corrected chi connectivity index (χ0v) is 12.7. The van der Waals surface area contributed by atoms with Crippen molar-refractivity contribution in [3.63, 3.8) is 0 Å². The summed E-state index contributed by atoms with van der Waals surface area (Å²) in [5.41, 5.74) is -1.88. The second kappa shape index (κ2) is 6.93. The third-order valence-electron chi connectivity index (χ3n) is 3.30. The summed E-state index contributed by atoms with van der Waals surface area (Å²) < 4.78 is 32.5. The number of aryl methyl sites for hydroxylation is 1. The van der Waals surface area contributed by atoms with Crippen LogP contribution in [-0.2, 0) is 21.8 Å². The lowest BCUT2D eigenvalue weighted by molar-refractivity contribution is -0.156. The molecule has 0 aliphatic heterocycles. The van der Waals surface area contributed by atoms with Gasteiger partial charge in [-0.2, -0.15) is 5.26 Å². The molecule has 0 aliphatic rings. The molecule has 0 spiro atoms. The van der Waals surface area contributed by atoms with Crippen LogP contribution in [0.4, 0.5) is 4.39 Å². The fourth-order valence-corrected chi connectivity index (χ4v) is 1.90. The topological polar surface area (TPSA) is 59.3 Å². The molecule has 0 saturated carbocycles. The highest BCUT2D eigenvalue weighted by atomic mass is 19.1. The van der Waals surface area contributed by atoms with Gasteiger partial charge in [0.1, 0.15) is 18.4 Å². The number of hydrogen-bond acceptors (Lipinski definition) is 4. The molecule has 0 heterocycles. The molecule has 0 fully saturated rings. The van der Waals surface area contributed by atoms with Crippen molar-refractivity contribution in [3.8, 4) is 11.8 Å². The van der Waals surface area contributed by atoms with Gasteiger partial charge >= 0.3 is 11.6 Å². The summed E-state index contributed by atoms with van der Waals surface area (Å²) in [5, 5.41) is 9.13. The molecule has 23 heavy (non-hydrogen) atoms. The first kappa shape index (κ1) is 15.0. The van der Waals surface area contributed by atoms with Crippen LogP contribution in [0.25, 0.3) is 0 Å². The molecule has 0 saturated heterocycles. The van der Waals surface area contributed by atoms with Gasteiger partial charge in [0.05, 0.1) is 8.48 Å². The Morgan fingerprint density at radius 3 is 2.39 bits per heavy atom. The average molecular weight is 314 g/mol. The Morgan fingerprint density at radius 2 is 1.87 bits per heavy atom. The number of carbonyl (C=O) groups excluding carboxylic acids is 1. The van der Waals surface area contributed by atoms with Gasteiger partial charge in [-0.15, -0.1) is 0 Å². The van der Waals surface area contributed by atoms with E-state index in [1.165, 1.54) is 37.4 Å². The maximum absolute atomic E-state index is 14.8. The summed E-state index contributed by atoms with van der Waals surface area (Å²) in [4.78, 5) is 12.1. The molecule has 2 atom stereocenters. The van der Waals surface area contributed by atoms with Gasteiger partial charge in [0.2, 0.25) is 0 Å². The number of nitriles is 1. The first-order chi connectivity index (χ1) is 11.4. The molecule has 2 aromatic rings. The predicted molar refractivity (Wildman–Crippen MR) is 82.4 cm³/mol. The summed E-state index contributed by atoms with van der Waals surface area (Å²) in [6.07, 6.45) is 0. The first-order valence-corrected chi connectivity index (χ1v) is 6.85. The maximum atomic E-state index is 14.8. The molecular weight excluding hydrogens is 297 g/mol. The highest BCUT2D eigenvalue weighted by molar-refractivity contribution is 5.84. The third-order valence-corrected chi connectivity index (χ3v) is 3.30. The summed E-state index contributed by atoms with van der Waals surface area (Å²) in [7, 11) is 1.50. The van der Waals surface area contributed by atoms with Crippen molar-refractivity contribution in [2.24, 2.45) is 0 Å². The molecule has 2 aromatic carbocycles. The Balaban J connectivity index is 2.19. The zero-order chi connectivity index (χ0) is 17.7. The van der Waals surface area contributed by atoms with Gasteiger partial charge in [0.15, 0.2) is 0 Å². The zero-order valence-electron chi connectivity index (χ0n) is 13.7. The minimum absolute atomic E-state index is 0.123. The lowest BCUT2D eigenvalue weighted by atomic mass is 9.96. The number of ether oxygens (including phenoxy) is 2. The van der Waals surface area contributed by atoms with Crippen molar-refractivity contribution in [1.82, 2.24) is 0 Å². The molecule has 0 unspecified atom stereocenters. The van der Waals surface area contributed by atoms with Crippen LogP contribution in [-0.4, -0.2) is 13.1 Å². The van der Waals surface area contributed by atoms with Crippen LogP contribution >= 0.6 is 0 Å². The van der Waals surface area contributed by atoms with E-state index in [0.29, 0.717) is 11.3 Å². The Labute approximate surface area is 135 Å². The van der Waals surface area contributed by atoms with Gasteiger partial charge in [-0.3, -0.25) is 0 Å². The number of esters is 1. The second-order valence-corrected chi connectivity index (χ2v) is 4.93. The molecule has 0 aromatic heterocycles. The quantitative estimate of drug-likeness (QED) is 0.793. The van der Waals surface area contributed by atoms with Crippen molar-refractivity contribution in [2.75, 3.05) is 7.11 Å². The Morgan fingerprint density at radius 1 is 1.26 bits per heavy atom. The van der Waals surface area contributed by atoms with E-state index in [2.05, 4.69) is 0 Å². The van der Waals surface area contributed by atoms with E-state index >= 15 is 0 Å². The van der Waals surface area contributed by atoms with Gasteiger partial charge in [-0.25, -0.2) is 9.18 Å². The van der Waals surface area contributed by atoms with Crippen LogP contribution in [0.3, 0.4) is 0 Å². The van der Waals surface area contributed by atoms with E-state index < -0.39 is 18.2 Å². The SMILES string of the molecule is [2H][C@H](OC(=O)[C@](F)(C#N)c1ccc(C)cc1)c1ccc(OC)cc1. The smallest absolute Gasteiger partial charge is 0.364 e. The standard InChI is InChI=1S/C18H16FNO3/c1-13-3-7-15(8-4-13)18(19,12-20)17(21)23-11-14-5-9-16(22-2)10-6-14/h3-10H,11H2,1-2H3/t18-/m0/s1/i11D/t11-,18-. The van der Waals surface area contributed by atoms with Gasteiger partial charge in [-0.1, -0.05) is 42.0 Å². The van der Waals surface area contributed by atoms with Crippen molar-refractivity contribution >= 4 is 5.97 Å². The summed E-state index contributed by atoms with van der Waals surface area (Å²) in [5.74, 6) is -0.835. The average Bonchev–Trinajstić information content (AvgIpc) is 2.61. The van der Waals surface area contributed by atoms with Crippen LogP contribution in [0.5, 0.6) is 5.75 Å². The number of halogens is 1. The number of nitrogens with zero attached hydrogens (tertiary/aromatic N) is 1. The third kappa shape index (κ3) is 3.67. The molecule has 0 radical (unpaired) electrons. The van der Waals surface area contributed by atoms with E-state index in [1.54, 1.807) is 31.2 Å². The lowest BCUT2D eigenvalue weighted by Crippen LogP contribution is -2.31. The largest absolute Gasteiger partial charge is 0.497 e. The van der Waals surface area contributed by atoms with Gasteiger partial charge in [0, 0.05) is 5.56 Å². The Hall–Kier alpha value is -2.87. The Bertz CT molecular complexity index is 755. The molecule has 0 amide bonds. The normalized spacial score (nSPS) is 14.8. The molecule has 0 aliphatic carbocycles. The molecular formula is C18H16FNO3. The van der Waals surface area contributed by atoms with E-state index in [9.17, 15) is 9.18 Å². The van der Waals surface area contributed by atoms with Crippen molar-refractivity contribution in [3.05, 3.63) is 65.2 Å². The van der Waals surface area contributed by atoms with Crippen LogP contribution in [0.2, 0.25) is 0 Å². The van der Waals surface area contributed by atoms with Crippen LogP contribution in [0.15, 0.2) is 48.5 Å². The van der Waals surface area contributed by atoms with E-state index in [0.717, 1.165) is 5.56 Å². The van der Waals surface area contributed by atoms with E-state index in [1.807, 2.05) is 0 Å². The van der Waals surface area contributed by atoms with Crippen molar-refractivity contribution in [2.45, 2.75) is 19.2 Å². The minimum atomic E-state index is -2.96. The fraction of sp³-hybridized carbons (Fsp3) is 0.222. The number of methoxy groups -OCH3 is 1. The molecule has 0 bridgehead atoms. The number of alkyl halides is 1. The van der Waals surface area contributed by atoms with Crippen LogP contribution in [0, 0.1) is 18.3 Å². The summed E-state index contributed by atoms with van der Waals surface area (Å²) >= 11 is 0. The highest BCUT2D eigenvalue weighted by Gasteiger charge is 2.43.